The summed E-state index contributed by atoms with van der Waals surface area (Å²) in [6.45, 7) is 0. The van der Waals surface area contributed by atoms with Crippen LogP contribution < -0.4 is 0 Å². The van der Waals surface area contributed by atoms with Gasteiger partial charge in [-0.2, -0.15) is 13.2 Å². The van der Waals surface area contributed by atoms with Crippen LogP contribution in [0.25, 0.3) is 0 Å². The van der Waals surface area contributed by atoms with E-state index in [1.54, 1.807) is 0 Å². The Kier molecular flexibility index (Phi) is 4.42. The molecule has 0 saturated heterocycles. The second-order valence-electron chi connectivity index (χ2n) is 4.62. The minimum absolute atomic E-state index is 0.121. The summed E-state index contributed by atoms with van der Waals surface area (Å²) in [5, 5.41) is 0. The minimum atomic E-state index is -4.64. The molecule has 0 nitrogen and oxygen atoms in total. The summed E-state index contributed by atoms with van der Waals surface area (Å²) in [5.74, 6) is -1.15. The van der Waals surface area contributed by atoms with Crippen LogP contribution in [0.5, 0.6) is 0 Å². The second-order valence-corrected chi connectivity index (χ2v) is 4.62. The van der Waals surface area contributed by atoms with Crippen molar-refractivity contribution in [2.45, 2.75) is 25.4 Å². The van der Waals surface area contributed by atoms with Crippen LogP contribution >= 0.6 is 0 Å². The molecule has 0 saturated carbocycles. The van der Waals surface area contributed by atoms with Crippen molar-refractivity contribution in [3.8, 4) is 0 Å². The van der Waals surface area contributed by atoms with E-state index in [0.29, 0.717) is 12.8 Å². The Morgan fingerprint density at radius 1 is 0.800 bits per heavy atom. The Labute approximate surface area is 115 Å². The van der Waals surface area contributed by atoms with Crippen LogP contribution in [0.2, 0.25) is 0 Å². The molecule has 0 heterocycles. The third-order valence-corrected chi connectivity index (χ3v) is 3.14. The molecule has 0 aliphatic rings. The number of alkyl halides is 3. The molecule has 0 fully saturated rings. The van der Waals surface area contributed by atoms with Gasteiger partial charge >= 0.3 is 6.18 Å². The zero-order chi connectivity index (χ0) is 14.6. The maximum absolute atomic E-state index is 13.8. The molecule has 0 aromatic heterocycles. The van der Waals surface area contributed by atoms with Gasteiger partial charge in [0.15, 0.2) is 0 Å². The zero-order valence-electron chi connectivity index (χ0n) is 10.8. The van der Waals surface area contributed by atoms with Crippen LogP contribution in [0, 0.1) is 5.82 Å². The molecule has 20 heavy (non-hydrogen) atoms. The summed E-state index contributed by atoms with van der Waals surface area (Å²) in [4.78, 5) is 0. The van der Waals surface area contributed by atoms with E-state index in [2.05, 4.69) is 0 Å². The van der Waals surface area contributed by atoms with Crippen molar-refractivity contribution in [2.75, 3.05) is 0 Å². The van der Waals surface area contributed by atoms with Gasteiger partial charge < -0.3 is 0 Å². The quantitative estimate of drug-likeness (QED) is 0.691. The van der Waals surface area contributed by atoms with E-state index in [0.717, 1.165) is 18.1 Å². The van der Waals surface area contributed by atoms with Gasteiger partial charge in [0.2, 0.25) is 0 Å². The fraction of sp³-hybridized carbons (Fsp3) is 0.250. The van der Waals surface area contributed by atoms with E-state index in [-0.39, 0.29) is 5.56 Å². The first-order chi connectivity index (χ1) is 9.48. The first-order valence-electron chi connectivity index (χ1n) is 6.37. The fourth-order valence-corrected chi connectivity index (χ4v) is 2.12. The third kappa shape index (κ3) is 3.59. The lowest BCUT2D eigenvalue weighted by molar-refractivity contribution is -0.140. The second kappa shape index (κ2) is 6.07. The Hall–Kier alpha value is -1.84. The monoisotopic (exact) mass is 282 g/mol. The Morgan fingerprint density at radius 3 is 2.15 bits per heavy atom. The van der Waals surface area contributed by atoms with Crippen LogP contribution in [0.4, 0.5) is 17.6 Å². The van der Waals surface area contributed by atoms with Crippen LogP contribution in [0.1, 0.15) is 23.1 Å². The highest BCUT2D eigenvalue weighted by molar-refractivity contribution is 5.28. The largest absolute Gasteiger partial charge is 0.419 e. The lowest BCUT2D eigenvalue weighted by Gasteiger charge is -2.11. The van der Waals surface area contributed by atoms with Crippen LogP contribution in [-0.4, -0.2) is 0 Å². The predicted octanol–water partition coefficient (Wildman–Crippen LogP) is 5.02. The first-order valence-corrected chi connectivity index (χ1v) is 6.37. The lowest BCUT2D eigenvalue weighted by atomic mass is 10.0. The molecule has 0 aliphatic carbocycles. The van der Waals surface area contributed by atoms with Crippen LogP contribution in [0.15, 0.2) is 48.5 Å². The SMILES string of the molecule is Fc1c(CCCc2ccccc2)cccc1C(F)(F)F. The highest BCUT2D eigenvalue weighted by atomic mass is 19.4. The molecular weight excluding hydrogens is 268 g/mol. The Bertz CT molecular complexity index is 558. The van der Waals surface area contributed by atoms with E-state index in [4.69, 9.17) is 0 Å². The molecule has 2 aromatic rings. The number of benzene rings is 2. The number of hydrogen-bond donors (Lipinski definition) is 0. The molecule has 0 radical (unpaired) electrons. The normalized spacial score (nSPS) is 11.6. The van der Waals surface area contributed by atoms with E-state index >= 15 is 0 Å². The van der Waals surface area contributed by atoms with Crippen molar-refractivity contribution in [3.63, 3.8) is 0 Å². The standard InChI is InChI=1S/C16H14F4/c17-15-13(10-5-11-14(15)16(18,19)20)9-4-8-12-6-2-1-3-7-12/h1-3,5-7,10-11H,4,8-9H2. The topological polar surface area (TPSA) is 0 Å². The highest BCUT2D eigenvalue weighted by Crippen LogP contribution is 2.32. The maximum atomic E-state index is 13.8. The molecule has 0 spiro atoms. The van der Waals surface area contributed by atoms with E-state index in [1.165, 1.54) is 12.1 Å². The number of aryl methyl sites for hydroxylation is 2. The van der Waals surface area contributed by atoms with Gasteiger partial charge in [-0.25, -0.2) is 4.39 Å². The zero-order valence-corrected chi connectivity index (χ0v) is 10.8. The lowest BCUT2D eigenvalue weighted by Crippen LogP contribution is -2.10. The van der Waals surface area contributed by atoms with E-state index in [1.807, 2.05) is 30.3 Å². The summed E-state index contributed by atoms with van der Waals surface area (Å²) in [7, 11) is 0. The molecule has 4 heteroatoms. The number of rotatable bonds is 4. The van der Waals surface area contributed by atoms with Gasteiger partial charge in [0.25, 0.3) is 0 Å². The van der Waals surface area contributed by atoms with Crippen molar-refractivity contribution < 1.29 is 17.6 Å². The first kappa shape index (κ1) is 14.6. The molecule has 0 amide bonds. The summed E-state index contributed by atoms with van der Waals surface area (Å²) < 4.78 is 51.5. The molecule has 0 atom stereocenters. The fourth-order valence-electron chi connectivity index (χ4n) is 2.12. The van der Waals surface area contributed by atoms with E-state index < -0.39 is 17.6 Å². The molecule has 106 valence electrons. The van der Waals surface area contributed by atoms with Crippen LogP contribution in [-0.2, 0) is 19.0 Å². The summed E-state index contributed by atoms with van der Waals surface area (Å²) in [5.41, 5.74) is 0.0327. The summed E-state index contributed by atoms with van der Waals surface area (Å²) >= 11 is 0. The Balaban J connectivity index is 2.04. The van der Waals surface area contributed by atoms with Crippen LogP contribution in [0.3, 0.4) is 0 Å². The average Bonchev–Trinajstić information content (AvgIpc) is 2.40. The molecule has 2 rings (SSSR count). The van der Waals surface area contributed by atoms with Gasteiger partial charge in [-0.15, -0.1) is 0 Å². The maximum Gasteiger partial charge on any atom is 0.419 e. The van der Waals surface area contributed by atoms with Gasteiger partial charge in [0.1, 0.15) is 5.82 Å². The summed E-state index contributed by atoms with van der Waals surface area (Å²) in [6, 6.07) is 13.0. The molecular formula is C16H14F4. The number of hydrogen-bond acceptors (Lipinski definition) is 0. The van der Waals surface area contributed by atoms with Crippen molar-refractivity contribution in [3.05, 3.63) is 71.0 Å². The van der Waals surface area contributed by atoms with E-state index in [9.17, 15) is 17.6 Å². The Morgan fingerprint density at radius 2 is 1.50 bits per heavy atom. The molecule has 0 aliphatic heterocycles. The van der Waals surface area contributed by atoms with Gasteiger partial charge in [-0.3, -0.25) is 0 Å². The molecule has 0 unspecified atom stereocenters. The average molecular weight is 282 g/mol. The van der Waals surface area contributed by atoms with Crippen molar-refractivity contribution in [1.82, 2.24) is 0 Å². The minimum Gasteiger partial charge on any atom is -0.206 e. The van der Waals surface area contributed by atoms with Crippen molar-refractivity contribution in [2.24, 2.45) is 0 Å². The van der Waals surface area contributed by atoms with Crippen molar-refractivity contribution >= 4 is 0 Å². The van der Waals surface area contributed by atoms with Gasteiger partial charge in [0, 0.05) is 0 Å². The van der Waals surface area contributed by atoms with Gasteiger partial charge in [-0.05, 0) is 36.5 Å². The van der Waals surface area contributed by atoms with Crippen molar-refractivity contribution in [1.29, 1.82) is 0 Å². The molecule has 0 N–H and O–H groups in total. The molecule has 2 aromatic carbocycles. The van der Waals surface area contributed by atoms with Gasteiger partial charge in [0.05, 0.1) is 5.56 Å². The smallest absolute Gasteiger partial charge is 0.206 e. The highest BCUT2D eigenvalue weighted by Gasteiger charge is 2.34. The van der Waals surface area contributed by atoms with Gasteiger partial charge in [-0.1, -0.05) is 42.5 Å². The predicted molar refractivity (Wildman–Crippen MR) is 69.9 cm³/mol. The third-order valence-electron chi connectivity index (χ3n) is 3.14. The number of halogens is 4. The molecule has 0 bridgehead atoms. The summed E-state index contributed by atoms with van der Waals surface area (Å²) in [6.07, 6.45) is -3.01.